The fraction of sp³-hybridized carbons (Fsp3) is 0.538. The van der Waals surface area contributed by atoms with E-state index in [1.165, 1.54) is 6.42 Å². The standard InChI is InChI=1S/C13H19N3O2/c1-16-6-4-10(9-16)7-14-8-12-11(13(17)18)3-2-5-15-12/h2-3,5,10,14H,4,6-9H2,1H3,(H,17,18). The summed E-state index contributed by atoms with van der Waals surface area (Å²) in [6.07, 6.45) is 2.84. The summed E-state index contributed by atoms with van der Waals surface area (Å²) in [6, 6.07) is 3.24. The maximum Gasteiger partial charge on any atom is 0.337 e. The Morgan fingerprint density at radius 2 is 2.50 bits per heavy atom. The third kappa shape index (κ3) is 3.27. The predicted molar refractivity (Wildman–Crippen MR) is 68.5 cm³/mol. The number of pyridine rings is 1. The third-order valence-electron chi connectivity index (χ3n) is 3.34. The number of carboxylic acids is 1. The Kier molecular flexibility index (Phi) is 4.28. The molecule has 1 aliphatic rings. The normalized spacial score (nSPS) is 20.2. The van der Waals surface area contributed by atoms with Crippen LogP contribution in [-0.2, 0) is 6.54 Å². The van der Waals surface area contributed by atoms with Crippen molar-refractivity contribution in [3.63, 3.8) is 0 Å². The van der Waals surface area contributed by atoms with Crippen molar-refractivity contribution in [2.75, 3.05) is 26.7 Å². The van der Waals surface area contributed by atoms with Gasteiger partial charge in [-0.2, -0.15) is 0 Å². The molecule has 0 bridgehead atoms. The summed E-state index contributed by atoms with van der Waals surface area (Å²) in [4.78, 5) is 17.5. The van der Waals surface area contributed by atoms with Crippen LogP contribution in [0.15, 0.2) is 18.3 Å². The fourth-order valence-electron chi connectivity index (χ4n) is 2.36. The van der Waals surface area contributed by atoms with Crippen molar-refractivity contribution in [1.29, 1.82) is 0 Å². The zero-order valence-electron chi connectivity index (χ0n) is 10.6. The molecule has 2 heterocycles. The molecule has 5 heteroatoms. The molecule has 1 atom stereocenters. The van der Waals surface area contributed by atoms with Gasteiger partial charge in [0, 0.05) is 19.3 Å². The van der Waals surface area contributed by atoms with Crippen LogP contribution in [0, 0.1) is 5.92 Å². The number of rotatable bonds is 5. The first-order chi connectivity index (χ1) is 8.66. The van der Waals surface area contributed by atoms with Gasteiger partial charge in [-0.3, -0.25) is 4.98 Å². The average Bonchev–Trinajstić information content (AvgIpc) is 2.75. The number of carbonyl (C=O) groups is 1. The molecule has 5 nitrogen and oxygen atoms in total. The van der Waals surface area contributed by atoms with E-state index in [-0.39, 0.29) is 5.56 Å². The molecule has 0 spiro atoms. The molecule has 0 aromatic carbocycles. The van der Waals surface area contributed by atoms with Gasteiger partial charge in [-0.15, -0.1) is 0 Å². The largest absolute Gasteiger partial charge is 0.478 e. The van der Waals surface area contributed by atoms with Crippen LogP contribution in [0.2, 0.25) is 0 Å². The highest BCUT2D eigenvalue weighted by molar-refractivity contribution is 5.88. The van der Waals surface area contributed by atoms with E-state index in [0.717, 1.165) is 19.6 Å². The lowest BCUT2D eigenvalue weighted by Gasteiger charge is -2.12. The monoisotopic (exact) mass is 249 g/mol. The summed E-state index contributed by atoms with van der Waals surface area (Å²) in [6.45, 7) is 3.69. The van der Waals surface area contributed by atoms with Crippen LogP contribution < -0.4 is 5.32 Å². The van der Waals surface area contributed by atoms with Gasteiger partial charge in [0.15, 0.2) is 0 Å². The second-order valence-electron chi connectivity index (χ2n) is 4.85. The van der Waals surface area contributed by atoms with Crippen LogP contribution in [0.5, 0.6) is 0 Å². The second kappa shape index (κ2) is 5.93. The lowest BCUT2D eigenvalue weighted by molar-refractivity contribution is 0.0695. The minimum absolute atomic E-state index is 0.286. The van der Waals surface area contributed by atoms with Crippen LogP contribution in [-0.4, -0.2) is 47.6 Å². The first kappa shape index (κ1) is 13.0. The molecule has 1 fully saturated rings. The molecule has 0 aliphatic carbocycles. The molecule has 98 valence electrons. The van der Waals surface area contributed by atoms with Crippen molar-refractivity contribution >= 4 is 5.97 Å². The van der Waals surface area contributed by atoms with Crippen LogP contribution in [0.4, 0.5) is 0 Å². The Balaban J connectivity index is 1.85. The topological polar surface area (TPSA) is 65.5 Å². The van der Waals surface area contributed by atoms with Gasteiger partial charge >= 0.3 is 5.97 Å². The summed E-state index contributed by atoms with van der Waals surface area (Å²) in [5, 5.41) is 12.3. The van der Waals surface area contributed by atoms with Gasteiger partial charge in [-0.1, -0.05) is 0 Å². The summed E-state index contributed by atoms with van der Waals surface area (Å²) in [5.74, 6) is -0.257. The molecule has 1 aliphatic heterocycles. The van der Waals surface area contributed by atoms with E-state index >= 15 is 0 Å². The molecule has 0 amide bonds. The van der Waals surface area contributed by atoms with Crippen molar-refractivity contribution < 1.29 is 9.90 Å². The molecule has 1 aromatic rings. The van der Waals surface area contributed by atoms with Crippen molar-refractivity contribution in [2.24, 2.45) is 5.92 Å². The van der Waals surface area contributed by atoms with Crippen LogP contribution >= 0.6 is 0 Å². The molecule has 1 aromatic heterocycles. The minimum atomic E-state index is -0.916. The highest BCUT2D eigenvalue weighted by atomic mass is 16.4. The van der Waals surface area contributed by atoms with Gasteiger partial charge in [-0.25, -0.2) is 4.79 Å². The quantitative estimate of drug-likeness (QED) is 0.809. The van der Waals surface area contributed by atoms with Gasteiger partial charge in [0.1, 0.15) is 0 Å². The van der Waals surface area contributed by atoms with E-state index in [4.69, 9.17) is 5.11 Å². The van der Waals surface area contributed by atoms with Crippen molar-refractivity contribution in [3.05, 3.63) is 29.6 Å². The molecular formula is C13H19N3O2. The molecule has 1 saturated heterocycles. The van der Waals surface area contributed by atoms with Gasteiger partial charge in [-0.05, 0) is 44.6 Å². The molecule has 2 rings (SSSR count). The molecule has 0 radical (unpaired) electrons. The summed E-state index contributed by atoms with van der Waals surface area (Å²) in [7, 11) is 2.13. The Morgan fingerprint density at radius 1 is 1.67 bits per heavy atom. The van der Waals surface area contributed by atoms with Crippen LogP contribution in [0.25, 0.3) is 0 Å². The van der Waals surface area contributed by atoms with E-state index in [0.29, 0.717) is 18.2 Å². The van der Waals surface area contributed by atoms with Crippen molar-refractivity contribution in [3.8, 4) is 0 Å². The van der Waals surface area contributed by atoms with Gasteiger partial charge in [0.2, 0.25) is 0 Å². The van der Waals surface area contributed by atoms with Crippen LogP contribution in [0.3, 0.4) is 0 Å². The minimum Gasteiger partial charge on any atom is -0.478 e. The van der Waals surface area contributed by atoms with E-state index in [9.17, 15) is 4.79 Å². The Bertz CT molecular complexity index is 422. The number of hydrogen-bond acceptors (Lipinski definition) is 4. The van der Waals surface area contributed by atoms with E-state index < -0.39 is 5.97 Å². The number of nitrogens with one attached hydrogen (secondary N) is 1. The SMILES string of the molecule is CN1CCC(CNCc2ncccc2C(=O)O)C1. The van der Waals surface area contributed by atoms with E-state index in [1.54, 1.807) is 18.3 Å². The maximum atomic E-state index is 11.0. The average molecular weight is 249 g/mol. The third-order valence-corrected chi connectivity index (χ3v) is 3.34. The highest BCUT2D eigenvalue weighted by Crippen LogP contribution is 2.13. The molecule has 2 N–H and O–H groups in total. The fourth-order valence-corrected chi connectivity index (χ4v) is 2.36. The van der Waals surface area contributed by atoms with Crippen molar-refractivity contribution in [2.45, 2.75) is 13.0 Å². The number of aromatic nitrogens is 1. The first-order valence-corrected chi connectivity index (χ1v) is 6.23. The predicted octanol–water partition coefficient (Wildman–Crippen LogP) is 0.821. The maximum absolute atomic E-state index is 11.0. The lowest BCUT2D eigenvalue weighted by atomic mass is 10.1. The first-order valence-electron chi connectivity index (χ1n) is 6.23. The summed E-state index contributed by atoms with van der Waals surface area (Å²) < 4.78 is 0. The van der Waals surface area contributed by atoms with E-state index in [2.05, 4.69) is 22.2 Å². The number of aromatic carboxylic acids is 1. The van der Waals surface area contributed by atoms with E-state index in [1.807, 2.05) is 0 Å². The molecule has 0 saturated carbocycles. The second-order valence-corrected chi connectivity index (χ2v) is 4.85. The zero-order chi connectivity index (χ0) is 13.0. The van der Waals surface area contributed by atoms with Crippen molar-refractivity contribution in [1.82, 2.24) is 15.2 Å². The molecular weight excluding hydrogens is 230 g/mol. The van der Waals surface area contributed by atoms with Gasteiger partial charge < -0.3 is 15.3 Å². The number of hydrogen-bond donors (Lipinski definition) is 2. The number of nitrogens with zero attached hydrogens (tertiary/aromatic N) is 2. The van der Waals surface area contributed by atoms with Gasteiger partial charge in [0.05, 0.1) is 11.3 Å². The summed E-state index contributed by atoms with van der Waals surface area (Å²) >= 11 is 0. The van der Waals surface area contributed by atoms with Gasteiger partial charge in [0.25, 0.3) is 0 Å². The Hall–Kier alpha value is -1.46. The summed E-state index contributed by atoms with van der Waals surface area (Å²) in [5.41, 5.74) is 0.893. The van der Waals surface area contributed by atoms with Crippen LogP contribution in [0.1, 0.15) is 22.5 Å². The smallest absolute Gasteiger partial charge is 0.337 e. The molecule has 18 heavy (non-hydrogen) atoms. The highest BCUT2D eigenvalue weighted by Gasteiger charge is 2.19. The number of carboxylic acid groups (broad SMARTS) is 1. The Labute approximate surface area is 107 Å². The molecule has 1 unspecified atom stereocenters. The number of likely N-dealkylation sites (tertiary alicyclic amines) is 1. The zero-order valence-corrected chi connectivity index (χ0v) is 10.6. The lowest BCUT2D eigenvalue weighted by Crippen LogP contribution is -2.25. The Morgan fingerprint density at radius 3 is 3.17 bits per heavy atom.